The first-order valence-corrected chi connectivity index (χ1v) is 11.6. The van der Waals surface area contributed by atoms with Crippen LogP contribution >= 0.6 is 0 Å². The standard InChI is InChI=1S/C28H24N4O4/c33-27(23-9-1-3-11-25(23)35-21-7-5-13-29-19-21)31-15-17-32(18-16-31)28(34)24-10-2-4-12-26(24)36-22-8-6-14-30-20-22/h1-14,19-20H,15-18H2. The molecule has 3 heterocycles. The molecule has 1 fully saturated rings. The van der Waals surface area contributed by atoms with E-state index in [-0.39, 0.29) is 11.8 Å². The highest BCUT2D eigenvalue weighted by Crippen LogP contribution is 2.28. The van der Waals surface area contributed by atoms with Gasteiger partial charge in [-0.3, -0.25) is 19.6 Å². The van der Waals surface area contributed by atoms with Gasteiger partial charge in [0.05, 0.1) is 23.5 Å². The van der Waals surface area contributed by atoms with Crippen LogP contribution in [0.4, 0.5) is 0 Å². The smallest absolute Gasteiger partial charge is 0.257 e. The molecule has 0 unspecified atom stereocenters. The number of benzene rings is 2. The lowest BCUT2D eigenvalue weighted by Crippen LogP contribution is -2.50. The van der Waals surface area contributed by atoms with Crippen molar-refractivity contribution in [2.24, 2.45) is 0 Å². The second-order valence-electron chi connectivity index (χ2n) is 8.16. The predicted molar refractivity (Wildman–Crippen MR) is 133 cm³/mol. The molecule has 1 aliphatic heterocycles. The fourth-order valence-electron chi connectivity index (χ4n) is 3.99. The van der Waals surface area contributed by atoms with Crippen LogP contribution in [0.3, 0.4) is 0 Å². The van der Waals surface area contributed by atoms with Gasteiger partial charge in [0.2, 0.25) is 0 Å². The highest BCUT2D eigenvalue weighted by atomic mass is 16.5. The number of carbonyl (C=O) groups excluding carboxylic acids is 2. The molecule has 8 heteroatoms. The fourth-order valence-corrected chi connectivity index (χ4v) is 3.99. The molecule has 0 radical (unpaired) electrons. The van der Waals surface area contributed by atoms with Gasteiger partial charge in [-0.1, -0.05) is 24.3 Å². The zero-order chi connectivity index (χ0) is 24.7. The summed E-state index contributed by atoms with van der Waals surface area (Å²) in [5.74, 6) is 1.77. The number of rotatable bonds is 6. The maximum Gasteiger partial charge on any atom is 0.257 e. The highest BCUT2D eigenvalue weighted by molar-refractivity contribution is 5.98. The molecule has 36 heavy (non-hydrogen) atoms. The summed E-state index contributed by atoms with van der Waals surface area (Å²) in [6, 6.07) is 21.4. The number of para-hydroxylation sites is 2. The summed E-state index contributed by atoms with van der Waals surface area (Å²) in [5, 5.41) is 0. The molecule has 2 amide bonds. The van der Waals surface area contributed by atoms with Crippen molar-refractivity contribution in [3.8, 4) is 23.0 Å². The van der Waals surface area contributed by atoms with Gasteiger partial charge < -0.3 is 19.3 Å². The summed E-state index contributed by atoms with van der Waals surface area (Å²) in [5.41, 5.74) is 0.938. The molecule has 0 bridgehead atoms. The van der Waals surface area contributed by atoms with E-state index in [0.717, 1.165) is 0 Å². The van der Waals surface area contributed by atoms with Gasteiger partial charge in [0.15, 0.2) is 0 Å². The number of pyridine rings is 2. The van der Waals surface area contributed by atoms with Gasteiger partial charge >= 0.3 is 0 Å². The molecule has 0 atom stereocenters. The Morgan fingerprint density at radius 3 is 1.39 bits per heavy atom. The molecule has 1 saturated heterocycles. The molecule has 2 aromatic carbocycles. The Kier molecular flexibility index (Phi) is 6.84. The monoisotopic (exact) mass is 480 g/mol. The molecule has 8 nitrogen and oxygen atoms in total. The summed E-state index contributed by atoms with van der Waals surface area (Å²) < 4.78 is 11.8. The van der Waals surface area contributed by atoms with Crippen LogP contribution in [0.5, 0.6) is 23.0 Å². The van der Waals surface area contributed by atoms with Crippen LogP contribution in [0.2, 0.25) is 0 Å². The third-order valence-corrected chi connectivity index (χ3v) is 5.81. The number of ether oxygens (including phenoxy) is 2. The number of aromatic nitrogens is 2. The van der Waals surface area contributed by atoms with E-state index in [1.807, 2.05) is 24.3 Å². The van der Waals surface area contributed by atoms with E-state index in [4.69, 9.17) is 9.47 Å². The number of amides is 2. The highest BCUT2D eigenvalue weighted by Gasteiger charge is 2.28. The molecule has 2 aromatic heterocycles. The van der Waals surface area contributed by atoms with Gasteiger partial charge in [0.25, 0.3) is 11.8 Å². The molecule has 0 aliphatic carbocycles. The van der Waals surface area contributed by atoms with Crippen molar-refractivity contribution < 1.29 is 19.1 Å². The van der Waals surface area contributed by atoms with Crippen LogP contribution in [0, 0.1) is 0 Å². The minimum Gasteiger partial charge on any atom is -0.455 e. The fraction of sp³-hybridized carbons (Fsp3) is 0.143. The molecular formula is C28H24N4O4. The average molecular weight is 481 g/mol. The van der Waals surface area contributed by atoms with Crippen LogP contribution < -0.4 is 9.47 Å². The SMILES string of the molecule is O=C(c1ccccc1Oc1cccnc1)N1CCN(C(=O)c2ccccc2Oc2cccnc2)CC1. The first-order valence-electron chi connectivity index (χ1n) is 11.6. The summed E-state index contributed by atoms with van der Waals surface area (Å²) in [4.78, 5) is 38.2. The molecule has 5 rings (SSSR count). The molecule has 0 spiro atoms. The summed E-state index contributed by atoms with van der Waals surface area (Å²) in [7, 11) is 0. The minimum absolute atomic E-state index is 0.137. The Morgan fingerprint density at radius 2 is 1.00 bits per heavy atom. The van der Waals surface area contributed by atoms with Crippen molar-refractivity contribution in [3.05, 3.63) is 109 Å². The van der Waals surface area contributed by atoms with Crippen molar-refractivity contribution in [1.29, 1.82) is 0 Å². The third kappa shape index (κ3) is 5.17. The van der Waals surface area contributed by atoms with Gasteiger partial charge in [-0.25, -0.2) is 0 Å². The Hall–Kier alpha value is -4.72. The van der Waals surface area contributed by atoms with Crippen molar-refractivity contribution in [3.63, 3.8) is 0 Å². The zero-order valence-corrected chi connectivity index (χ0v) is 19.5. The Balaban J connectivity index is 1.25. The second-order valence-corrected chi connectivity index (χ2v) is 8.16. The van der Waals surface area contributed by atoms with Gasteiger partial charge in [-0.15, -0.1) is 0 Å². The number of hydrogen-bond donors (Lipinski definition) is 0. The van der Waals surface area contributed by atoms with E-state index >= 15 is 0 Å². The van der Waals surface area contributed by atoms with Crippen molar-refractivity contribution in [2.45, 2.75) is 0 Å². The first kappa shape index (κ1) is 23.0. The van der Waals surface area contributed by atoms with Crippen molar-refractivity contribution in [2.75, 3.05) is 26.2 Å². The number of nitrogens with zero attached hydrogens (tertiary/aromatic N) is 4. The van der Waals surface area contributed by atoms with Crippen LogP contribution in [0.1, 0.15) is 20.7 Å². The van der Waals surface area contributed by atoms with Gasteiger partial charge in [0.1, 0.15) is 23.0 Å². The van der Waals surface area contributed by atoms with E-state index in [9.17, 15) is 9.59 Å². The summed E-state index contributed by atoms with van der Waals surface area (Å²) in [6.45, 7) is 1.66. The average Bonchev–Trinajstić information content (AvgIpc) is 2.94. The Morgan fingerprint density at radius 1 is 0.583 bits per heavy atom. The molecule has 0 N–H and O–H groups in total. The lowest BCUT2D eigenvalue weighted by Gasteiger charge is -2.35. The number of hydrogen-bond acceptors (Lipinski definition) is 6. The maximum absolute atomic E-state index is 13.3. The van der Waals surface area contributed by atoms with Gasteiger partial charge in [0, 0.05) is 38.6 Å². The van der Waals surface area contributed by atoms with Crippen molar-refractivity contribution in [1.82, 2.24) is 19.8 Å². The van der Waals surface area contributed by atoms with E-state index < -0.39 is 0 Å². The van der Waals surface area contributed by atoms with Gasteiger partial charge in [-0.05, 0) is 48.5 Å². The molecule has 4 aromatic rings. The molecule has 1 aliphatic rings. The number of carbonyl (C=O) groups is 2. The minimum atomic E-state index is -0.137. The van der Waals surface area contributed by atoms with E-state index in [1.165, 1.54) is 0 Å². The first-order chi connectivity index (χ1) is 17.7. The topological polar surface area (TPSA) is 84.9 Å². The lowest BCUT2D eigenvalue weighted by atomic mass is 10.1. The largest absolute Gasteiger partial charge is 0.455 e. The quantitative estimate of drug-likeness (QED) is 0.399. The van der Waals surface area contributed by atoms with Crippen LogP contribution in [-0.2, 0) is 0 Å². The van der Waals surface area contributed by atoms with E-state index in [2.05, 4.69) is 9.97 Å². The summed E-state index contributed by atoms with van der Waals surface area (Å²) in [6.07, 6.45) is 6.52. The van der Waals surface area contributed by atoms with Crippen LogP contribution in [-0.4, -0.2) is 57.8 Å². The molecule has 180 valence electrons. The molecule has 0 saturated carbocycles. The van der Waals surface area contributed by atoms with E-state index in [1.54, 1.807) is 83.1 Å². The van der Waals surface area contributed by atoms with Crippen LogP contribution in [0.15, 0.2) is 97.6 Å². The number of piperazine rings is 1. The zero-order valence-electron chi connectivity index (χ0n) is 19.5. The van der Waals surface area contributed by atoms with Crippen LogP contribution in [0.25, 0.3) is 0 Å². The summed E-state index contributed by atoms with van der Waals surface area (Å²) >= 11 is 0. The predicted octanol–water partition coefficient (Wildman–Crippen LogP) is 4.66. The Bertz CT molecular complexity index is 1240. The lowest BCUT2D eigenvalue weighted by molar-refractivity contribution is 0.0532. The maximum atomic E-state index is 13.3. The Labute approximate surface area is 208 Å². The van der Waals surface area contributed by atoms with Gasteiger partial charge in [-0.2, -0.15) is 0 Å². The van der Waals surface area contributed by atoms with E-state index in [0.29, 0.717) is 60.3 Å². The molecular weight excluding hydrogens is 456 g/mol. The third-order valence-electron chi connectivity index (χ3n) is 5.81. The second kappa shape index (κ2) is 10.7. The van der Waals surface area contributed by atoms with Crippen molar-refractivity contribution >= 4 is 11.8 Å². The normalized spacial score (nSPS) is 13.2.